The third-order valence-electron chi connectivity index (χ3n) is 5.92. The molecule has 0 saturated carbocycles. The normalized spacial score (nSPS) is 11.3. The van der Waals surface area contributed by atoms with E-state index in [-0.39, 0.29) is 11.2 Å². The van der Waals surface area contributed by atoms with Crippen LogP contribution in [0.5, 0.6) is 5.75 Å². The second-order valence-corrected chi connectivity index (χ2v) is 8.33. The second kappa shape index (κ2) is 10.9. The van der Waals surface area contributed by atoms with Crippen molar-refractivity contribution in [1.29, 1.82) is 0 Å². The minimum atomic E-state index is -0.341. The predicted molar refractivity (Wildman–Crippen MR) is 132 cm³/mol. The Bertz CT molecular complexity index is 1350. The lowest BCUT2D eigenvalue weighted by atomic mass is 10.2. The van der Waals surface area contributed by atoms with Gasteiger partial charge >= 0.3 is 5.69 Å². The van der Waals surface area contributed by atoms with Crippen LogP contribution >= 0.6 is 0 Å². The highest BCUT2D eigenvalue weighted by atomic mass is 16.5. The maximum atomic E-state index is 12.5. The van der Waals surface area contributed by atoms with Gasteiger partial charge < -0.3 is 4.74 Å². The van der Waals surface area contributed by atoms with Crippen LogP contribution in [0.3, 0.4) is 0 Å². The van der Waals surface area contributed by atoms with Crippen LogP contribution in [-0.2, 0) is 27.1 Å². The van der Waals surface area contributed by atoms with Crippen molar-refractivity contribution >= 4 is 10.9 Å². The van der Waals surface area contributed by atoms with Gasteiger partial charge in [-0.15, -0.1) is 0 Å². The second-order valence-electron chi connectivity index (χ2n) is 8.33. The van der Waals surface area contributed by atoms with Crippen LogP contribution in [0, 0.1) is 0 Å². The molecule has 3 heterocycles. The maximum absolute atomic E-state index is 12.5. The summed E-state index contributed by atoms with van der Waals surface area (Å²) >= 11 is 0. The fraction of sp³-hybridized carbons (Fsp3) is 0.308. The molecule has 0 saturated heterocycles. The molecule has 0 unspecified atom stereocenters. The summed E-state index contributed by atoms with van der Waals surface area (Å²) in [5.74, 6) is 0.624. The molecular weight excluding hydrogens is 430 g/mol. The molecule has 8 nitrogen and oxygen atoms in total. The van der Waals surface area contributed by atoms with Crippen molar-refractivity contribution in [2.24, 2.45) is 14.1 Å². The third-order valence-corrected chi connectivity index (χ3v) is 5.92. The Kier molecular flexibility index (Phi) is 7.49. The van der Waals surface area contributed by atoms with E-state index in [0.717, 1.165) is 37.0 Å². The molecule has 0 fully saturated rings. The van der Waals surface area contributed by atoms with Gasteiger partial charge in [0, 0.05) is 58.5 Å². The first kappa shape index (κ1) is 23.4. The topological polar surface area (TPSA) is 82.2 Å². The molecule has 34 heavy (non-hydrogen) atoms. The van der Waals surface area contributed by atoms with Crippen molar-refractivity contribution in [2.45, 2.75) is 19.4 Å². The van der Waals surface area contributed by atoms with Crippen LogP contribution in [0.2, 0.25) is 0 Å². The van der Waals surface area contributed by atoms with Crippen LogP contribution < -0.4 is 16.0 Å². The molecule has 8 heteroatoms. The first-order valence-electron chi connectivity index (χ1n) is 11.4. The molecule has 0 amide bonds. The predicted octanol–water partition coefficient (Wildman–Crippen LogP) is 2.54. The van der Waals surface area contributed by atoms with E-state index in [1.165, 1.54) is 22.7 Å². The van der Waals surface area contributed by atoms with Crippen molar-refractivity contribution in [2.75, 3.05) is 19.7 Å². The molecule has 1 aromatic carbocycles. The Hall–Kier alpha value is -3.78. The summed E-state index contributed by atoms with van der Waals surface area (Å²) in [6.07, 6.45) is 9.09. The van der Waals surface area contributed by atoms with Gasteiger partial charge in [0.25, 0.3) is 5.56 Å². The Morgan fingerprint density at radius 1 is 0.912 bits per heavy atom. The minimum Gasteiger partial charge on any atom is -0.494 e. The van der Waals surface area contributed by atoms with Gasteiger partial charge in [0.15, 0.2) is 0 Å². The number of pyridine rings is 2. The minimum absolute atomic E-state index is 0.317. The molecule has 176 valence electrons. The summed E-state index contributed by atoms with van der Waals surface area (Å²) in [6.45, 7) is 3.14. The number of fused-ring (bicyclic) bond motifs is 1. The van der Waals surface area contributed by atoms with Gasteiger partial charge in [0.2, 0.25) is 0 Å². The number of nitrogens with zero attached hydrogens (tertiary/aromatic N) is 5. The van der Waals surface area contributed by atoms with Gasteiger partial charge in [-0.25, -0.2) is 4.79 Å². The highest BCUT2D eigenvalue weighted by Crippen LogP contribution is 2.17. The Morgan fingerprint density at radius 3 is 2.50 bits per heavy atom. The molecule has 0 spiro atoms. The van der Waals surface area contributed by atoms with Gasteiger partial charge in [0.1, 0.15) is 5.75 Å². The fourth-order valence-corrected chi connectivity index (χ4v) is 3.99. The summed E-state index contributed by atoms with van der Waals surface area (Å²) in [7, 11) is 3.15. The first-order valence-corrected chi connectivity index (χ1v) is 11.4. The molecule has 0 radical (unpaired) electrons. The zero-order chi connectivity index (χ0) is 23.9. The Morgan fingerprint density at radius 2 is 1.74 bits per heavy atom. The van der Waals surface area contributed by atoms with E-state index in [4.69, 9.17) is 4.74 Å². The summed E-state index contributed by atoms with van der Waals surface area (Å²) in [4.78, 5) is 35.4. The van der Waals surface area contributed by atoms with Crippen LogP contribution in [-0.4, -0.2) is 43.7 Å². The lowest BCUT2D eigenvalue weighted by Gasteiger charge is -2.22. The molecule has 0 N–H and O–H groups in total. The summed E-state index contributed by atoms with van der Waals surface area (Å²) in [6, 6.07) is 13.4. The molecule has 0 atom stereocenters. The maximum Gasteiger partial charge on any atom is 0.330 e. The highest BCUT2D eigenvalue weighted by Gasteiger charge is 2.10. The number of hydrogen-bond acceptors (Lipinski definition) is 6. The molecular formula is C26H29N5O3. The van der Waals surface area contributed by atoms with E-state index in [9.17, 15) is 9.59 Å². The standard InChI is InChI=1S/C26H29N5O3/c1-29-24-7-6-22(17-23(24)25(32)30(2)26(29)33)34-16-4-14-31(19-21-8-12-27-13-9-21)15-10-20-5-3-11-28-18-20/h3,5-9,11-13,17-18H,4,10,14-16,19H2,1-2H3. The third kappa shape index (κ3) is 5.58. The summed E-state index contributed by atoms with van der Waals surface area (Å²) < 4.78 is 8.55. The van der Waals surface area contributed by atoms with Crippen LogP contribution in [0.4, 0.5) is 0 Å². The van der Waals surface area contributed by atoms with Crippen molar-refractivity contribution < 1.29 is 4.74 Å². The summed E-state index contributed by atoms with van der Waals surface area (Å²) in [5.41, 5.74) is 2.37. The van der Waals surface area contributed by atoms with Crippen LogP contribution in [0.25, 0.3) is 10.9 Å². The van der Waals surface area contributed by atoms with Gasteiger partial charge in [-0.05, 0) is 60.4 Å². The SMILES string of the molecule is Cn1c(=O)c2cc(OCCCN(CCc3cccnc3)Cc3ccncc3)ccc2n(C)c1=O. The fourth-order valence-electron chi connectivity index (χ4n) is 3.99. The number of aryl methyl sites for hydroxylation is 1. The highest BCUT2D eigenvalue weighted by molar-refractivity contribution is 5.79. The molecule has 3 aromatic heterocycles. The average Bonchev–Trinajstić information content (AvgIpc) is 2.88. The van der Waals surface area contributed by atoms with E-state index in [0.29, 0.717) is 23.3 Å². The quantitative estimate of drug-likeness (QED) is 0.339. The molecule has 0 aliphatic rings. The van der Waals surface area contributed by atoms with Gasteiger partial charge in [-0.2, -0.15) is 0 Å². The number of benzene rings is 1. The van der Waals surface area contributed by atoms with Crippen molar-refractivity contribution in [1.82, 2.24) is 24.0 Å². The Balaban J connectivity index is 1.38. The van der Waals surface area contributed by atoms with Gasteiger partial charge in [-0.1, -0.05) is 6.07 Å². The monoisotopic (exact) mass is 459 g/mol. The zero-order valence-corrected chi connectivity index (χ0v) is 19.6. The smallest absolute Gasteiger partial charge is 0.330 e. The Labute approximate surface area is 198 Å². The van der Waals surface area contributed by atoms with Crippen molar-refractivity contribution in [3.63, 3.8) is 0 Å². The van der Waals surface area contributed by atoms with Crippen molar-refractivity contribution in [3.05, 3.63) is 99.2 Å². The summed E-state index contributed by atoms with van der Waals surface area (Å²) in [5, 5.41) is 0.470. The van der Waals surface area contributed by atoms with E-state index >= 15 is 0 Å². The number of hydrogen-bond donors (Lipinski definition) is 0. The van der Waals surface area contributed by atoms with Crippen LogP contribution in [0.15, 0.2) is 76.8 Å². The molecule has 0 aliphatic carbocycles. The zero-order valence-electron chi connectivity index (χ0n) is 19.6. The van der Waals surface area contributed by atoms with E-state index in [1.54, 1.807) is 31.4 Å². The molecule has 4 aromatic rings. The van der Waals surface area contributed by atoms with E-state index < -0.39 is 0 Å². The number of aromatic nitrogens is 4. The van der Waals surface area contributed by atoms with Crippen molar-refractivity contribution in [3.8, 4) is 5.75 Å². The largest absolute Gasteiger partial charge is 0.494 e. The molecule has 0 aliphatic heterocycles. The molecule has 0 bridgehead atoms. The van der Waals surface area contributed by atoms with E-state index in [1.807, 2.05) is 36.8 Å². The lowest BCUT2D eigenvalue weighted by Crippen LogP contribution is -2.36. The van der Waals surface area contributed by atoms with E-state index in [2.05, 4.69) is 20.9 Å². The average molecular weight is 460 g/mol. The van der Waals surface area contributed by atoms with Gasteiger partial charge in [-0.3, -0.25) is 28.8 Å². The first-order chi connectivity index (χ1) is 16.5. The number of rotatable bonds is 10. The van der Waals surface area contributed by atoms with Crippen LogP contribution in [0.1, 0.15) is 17.5 Å². The molecule has 4 rings (SSSR count). The lowest BCUT2D eigenvalue weighted by molar-refractivity contribution is 0.230. The number of ether oxygens (including phenoxy) is 1. The van der Waals surface area contributed by atoms with Gasteiger partial charge in [0.05, 0.1) is 17.5 Å².